The molecule has 4 nitrogen and oxygen atoms in total. The van der Waals surface area contributed by atoms with Crippen LogP contribution < -0.4 is 0 Å². The van der Waals surface area contributed by atoms with E-state index in [0.717, 1.165) is 28.4 Å². The number of aromatic nitrogens is 2. The van der Waals surface area contributed by atoms with Crippen molar-refractivity contribution in [1.82, 2.24) is 9.55 Å². The molecule has 0 fully saturated rings. The lowest BCUT2D eigenvalue weighted by molar-refractivity contribution is 0.470. The number of nitriles is 1. The van der Waals surface area contributed by atoms with Crippen LogP contribution in [0.5, 0.6) is 0 Å². The van der Waals surface area contributed by atoms with E-state index in [1.54, 1.807) is 6.07 Å². The van der Waals surface area contributed by atoms with Crippen LogP contribution in [0.25, 0.3) is 11.0 Å². The van der Waals surface area contributed by atoms with Gasteiger partial charge in [0.25, 0.3) is 0 Å². The zero-order valence-corrected chi connectivity index (χ0v) is 11.7. The summed E-state index contributed by atoms with van der Waals surface area (Å²) in [6.45, 7) is 2.47. The number of alkyl halides is 1. The third-order valence-electron chi connectivity index (χ3n) is 3.19. The minimum absolute atomic E-state index is 0.316. The molecule has 0 saturated carbocycles. The summed E-state index contributed by atoms with van der Waals surface area (Å²) in [4.78, 5) is 4.49. The lowest BCUT2D eigenvalue weighted by atomic mass is 10.2. The summed E-state index contributed by atoms with van der Waals surface area (Å²) in [5, 5.41) is 9.02. The van der Waals surface area contributed by atoms with E-state index >= 15 is 0 Å². The summed E-state index contributed by atoms with van der Waals surface area (Å²) in [6, 6.07) is 11.4. The second-order valence-corrected chi connectivity index (χ2v) is 4.84. The number of furan rings is 1. The zero-order chi connectivity index (χ0) is 14.1. The van der Waals surface area contributed by atoms with E-state index in [4.69, 9.17) is 21.3 Å². The Morgan fingerprint density at radius 3 is 2.85 bits per heavy atom. The van der Waals surface area contributed by atoms with Crippen molar-refractivity contribution in [3.8, 4) is 6.07 Å². The number of hydrogen-bond acceptors (Lipinski definition) is 3. The molecule has 0 aliphatic rings. The second-order valence-electron chi connectivity index (χ2n) is 4.58. The standard InChI is InChI=1S/C15H12ClN3O/c1-10-2-4-12(20-10)9-19-14-6-11(8-17)3-5-13(14)18-15(19)7-16/h2-6H,7,9H2,1H3. The first kappa shape index (κ1) is 12.8. The fraction of sp³-hybridized carbons (Fsp3) is 0.200. The van der Waals surface area contributed by atoms with Crippen LogP contribution in [0.4, 0.5) is 0 Å². The van der Waals surface area contributed by atoms with Crippen LogP contribution in [0.1, 0.15) is 22.9 Å². The van der Waals surface area contributed by atoms with E-state index in [1.165, 1.54) is 0 Å². The van der Waals surface area contributed by atoms with E-state index < -0.39 is 0 Å². The molecule has 0 unspecified atom stereocenters. The van der Waals surface area contributed by atoms with E-state index in [-0.39, 0.29) is 0 Å². The SMILES string of the molecule is Cc1ccc(Cn2c(CCl)nc3ccc(C#N)cc32)o1. The summed E-state index contributed by atoms with van der Waals surface area (Å²) in [5.41, 5.74) is 2.34. The Kier molecular flexibility index (Phi) is 3.21. The van der Waals surface area contributed by atoms with Gasteiger partial charge in [-0.25, -0.2) is 4.98 Å². The van der Waals surface area contributed by atoms with Crippen LogP contribution in [0.15, 0.2) is 34.7 Å². The van der Waals surface area contributed by atoms with E-state index in [0.29, 0.717) is 18.0 Å². The Labute approximate surface area is 121 Å². The Hall–Kier alpha value is -2.25. The van der Waals surface area contributed by atoms with Gasteiger partial charge in [-0.15, -0.1) is 11.6 Å². The Morgan fingerprint density at radius 2 is 2.20 bits per heavy atom. The predicted molar refractivity (Wildman–Crippen MR) is 76.6 cm³/mol. The van der Waals surface area contributed by atoms with Crippen LogP contribution in [0.3, 0.4) is 0 Å². The maximum Gasteiger partial charge on any atom is 0.125 e. The van der Waals surface area contributed by atoms with Gasteiger partial charge in [0.05, 0.1) is 35.1 Å². The minimum Gasteiger partial charge on any atom is -0.464 e. The smallest absolute Gasteiger partial charge is 0.125 e. The molecule has 0 bridgehead atoms. The number of imidazole rings is 1. The van der Waals surface area contributed by atoms with Gasteiger partial charge >= 0.3 is 0 Å². The number of rotatable bonds is 3. The number of fused-ring (bicyclic) bond motifs is 1. The van der Waals surface area contributed by atoms with Gasteiger partial charge in [0.15, 0.2) is 0 Å². The van der Waals surface area contributed by atoms with Gasteiger partial charge in [-0.1, -0.05) is 0 Å². The van der Waals surface area contributed by atoms with Gasteiger partial charge in [-0.05, 0) is 37.3 Å². The summed E-state index contributed by atoms with van der Waals surface area (Å²) in [6.07, 6.45) is 0. The molecule has 0 radical (unpaired) electrons. The van der Waals surface area contributed by atoms with Crippen LogP contribution in [-0.2, 0) is 12.4 Å². The molecule has 0 atom stereocenters. The first-order valence-electron chi connectivity index (χ1n) is 6.22. The minimum atomic E-state index is 0.316. The normalized spacial score (nSPS) is 10.8. The van der Waals surface area contributed by atoms with E-state index in [9.17, 15) is 0 Å². The maximum absolute atomic E-state index is 9.02. The third kappa shape index (κ3) is 2.17. The molecule has 1 aromatic carbocycles. The molecule has 0 aliphatic carbocycles. The Bertz CT molecular complexity index is 810. The van der Waals surface area contributed by atoms with Gasteiger partial charge < -0.3 is 8.98 Å². The highest BCUT2D eigenvalue weighted by Gasteiger charge is 2.12. The highest BCUT2D eigenvalue weighted by molar-refractivity contribution is 6.16. The van der Waals surface area contributed by atoms with Gasteiger partial charge in [-0.2, -0.15) is 5.26 Å². The monoisotopic (exact) mass is 285 g/mol. The lowest BCUT2D eigenvalue weighted by Crippen LogP contribution is -2.03. The van der Waals surface area contributed by atoms with Crippen LogP contribution in [0.2, 0.25) is 0 Å². The molecule has 100 valence electrons. The van der Waals surface area contributed by atoms with Crippen molar-refractivity contribution in [3.63, 3.8) is 0 Å². The van der Waals surface area contributed by atoms with Crippen molar-refractivity contribution in [2.75, 3.05) is 0 Å². The van der Waals surface area contributed by atoms with Gasteiger partial charge in [-0.3, -0.25) is 0 Å². The summed E-state index contributed by atoms with van der Waals surface area (Å²) in [7, 11) is 0. The fourth-order valence-electron chi connectivity index (χ4n) is 2.25. The number of nitrogens with zero attached hydrogens (tertiary/aromatic N) is 3. The molecule has 0 spiro atoms. The molecule has 2 heterocycles. The number of benzene rings is 1. The maximum atomic E-state index is 9.02. The first-order valence-corrected chi connectivity index (χ1v) is 6.75. The molecular formula is C15H12ClN3O. The van der Waals surface area contributed by atoms with Crippen molar-refractivity contribution >= 4 is 22.6 Å². The number of hydrogen-bond donors (Lipinski definition) is 0. The van der Waals surface area contributed by atoms with Gasteiger partial charge in [0.1, 0.15) is 17.3 Å². The number of aryl methyl sites for hydroxylation is 1. The quantitative estimate of drug-likeness (QED) is 0.691. The van der Waals surface area contributed by atoms with Crippen molar-refractivity contribution in [2.45, 2.75) is 19.3 Å². The zero-order valence-electron chi connectivity index (χ0n) is 10.9. The molecule has 3 aromatic rings. The summed E-state index contributed by atoms with van der Waals surface area (Å²) < 4.78 is 7.59. The summed E-state index contributed by atoms with van der Waals surface area (Å²) in [5.74, 6) is 2.80. The summed E-state index contributed by atoms with van der Waals surface area (Å²) >= 11 is 5.97. The second kappa shape index (κ2) is 5.03. The van der Waals surface area contributed by atoms with Crippen molar-refractivity contribution in [2.24, 2.45) is 0 Å². The fourth-order valence-corrected chi connectivity index (χ4v) is 2.45. The van der Waals surface area contributed by atoms with Crippen LogP contribution in [0, 0.1) is 18.3 Å². The molecule has 0 amide bonds. The molecular weight excluding hydrogens is 274 g/mol. The lowest BCUT2D eigenvalue weighted by Gasteiger charge is -2.05. The molecule has 3 rings (SSSR count). The average Bonchev–Trinajstić information content (AvgIpc) is 3.03. The van der Waals surface area contributed by atoms with Crippen molar-refractivity contribution in [1.29, 1.82) is 5.26 Å². The van der Waals surface area contributed by atoms with Gasteiger partial charge in [0.2, 0.25) is 0 Å². The van der Waals surface area contributed by atoms with Gasteiger partial charge in [0, 0.05) is 0 Å². The number of halogens is 1. The highest BCUT2D eigenvalue weighted by Crippen LogP contribution is 2.21. The molecule has 0 N–H and O–H groups in total. The highest BCUT2D eigenvalue weighted by atomic mass is 35.5. The largest absolute Gasteiger partial charge is 0.464 e. The van der Waals surface area contributed by atoms with Crippen molar-refractivity contribution < 1.29 is 4.42 Å². The Morgan fingerprint density at radius 1 is 1.35 bits per heavy atom. The van der Waals surface area contributed by atoms with Crippen LogP contribution >= 0.6 is 11.6 Å². The van der Waals surface area contributed by atoms with Crippen molar-refractivity contribution in [3.05, 3.63) is 53.2 Å². The topological polar surface area (TPSA) is 54.8 Å². The Balaban J connectivity index is 2.13. The molecule has 0 saturated heterocycles. The molecule has 5 heteroatoms. The third-order valence-corrected chi connectivity index (χ3v) is 3.42. The molecule has 2 aromatic heterocycles. The average molecular weight is 286 g/mol. The first-order chi connectivity index (χ1) is 9.71. The van der Waals surface area contributed by atoms with Crippen LogP contribution in [-0.4, -0.2) is 9.55 Å². The van der Waals surface area contributed by atoms with E-state index in [2.05, 4.69) is 11.1 Å². The molecule has 0 aliphatic heterocycles. The predicted octanol–water partition coefficient (Wildman–Crippen LogP) is 3.60. The molecule has 20 heavy (non-hydrogen) atoms. The van der Waals surface area contributed by atoms with E-state index in [1.807, 2.05) is 35.8 Å².